The van der Waals surface area contributed by atoms with Gasteiger partial charge in [-0.05, 0) is 79.8 Å². The number of aromatic nitrogens is 2. The number of H-pyrrole nitrogens is 1. The molecule has 0 aliphatic heterocycles. The first-order chi connectivity index (χ1) is 16.0. The predicted octanol–water partition coefficient (Wildman–Crippen LogP) is 5.04. The molecule has 3 rings (SSSR count). The summed E-state index contributed by atoms with van der Waals surface area (Å²) in [5, 5.41) is 7.38. The van der Waals surface area contributed by atoms with Gasteiger partial charge in [0.1, 0.15) is 17.3 Å². The molecule has 33 heavy (non-hydrogen) atoms. The number of carbonyl (C=O) groups excluding carboxylic acids is 1. The fourth-order valence-electron chi connectivity index (χ4n) is 3.73. The summed E-state index contributed by atoms with van der Waals surface area (Å²) in [6.45, 7) is 0.734. The number of aromatic amines is 1. The van der Waals surface area contributed by atoms with Crippen molar-refractivity contribution >= 4 is 5.91 Å². The maximum Gasteiger partial charge on any atom is 0.222 e. The second-order valence-corrected chi connectivity index (χ2v) is 8.09. The SMILES string of the molecule is COc1ccc(OC)c(CCC(=O)N(C)CCCCCc2cc(-c3ccc(F)cc3)n[nH]2)c1. The van der Waals surface area contributed by atoms with Gasteiger partial charge in [0.2, 0.25) is 5.91 Å². The highest BCUT2D eigenvalue weighted by Gasteiger charge is 2.12. The quantitative estimate of drug-likeness (QED) is 0.390. The topological polar surface area (TPSA) is 67.5 Å². The van der Waals surface area contributed by atoms with Crippen LogP contribution in [0.25, 0.3) is 11.3 Å². The van der Waals surface area contributed by atoms with E-state index < -0.39 is 0 Å². The Morgan fingerprint density at radius 2 is 1.79 bits per heavy atom. The standard InChI is InChI=1S/C26H32FN3O3/c1-30(26(31)15-10-20-17-23(32-2)13-14-25(20)33-3)16-6-4-5-7-22-18-24(29-28-22)19-8-11-21(27)12-9-19/h8-9,11-14,17-18H,4-7,10,15-16H2,1-3H3,(H,28,29). The number of halogens is 1. The summed E-state index contributed by atoms with van der Waals surface area (Å²) in [5.41, 5.74) is 3.75. The van der Waals surface area contributed by atoms with Crippen molar-refractivity contribution in [2.24, 2.45) is 0 Å². The van der Waals surface area contributed by atoms with Gasteiger partial charge in [0, 0.05) is 31.3 Å². The fraction of sp³-hybridized carbons (Fsp3) is 0.385. The van der Waals surface area contributed by atoms with Gasteiger partial charge in [-0.3, -0.25) is 9.89 Å². The molecule has 1 aromatic heterocycles. The molecule has 0 aliphatic carbocycles. The van der Waals surface area contributed by atoms with E-state index in [-0.39, 0.29) is 11.7 Å². The third-order valence-electron chi connectivity index (χ3n) is 5.73. The van der Waals surface area contributed by atoms with E-state index in [0.717, 1.165) is 66.2 Å². The second-order valence-electron chi connectivity index (χ2n) is 8.09. The average molecular weight is 454 g/mol. The first kappa shape index (κ1) is 24.3. The molecule has 7 heteroatoms. The van der Waals surface area contributed by atoms with Crippen LogP contribution in [0, 0.1) is 5.82 Å². The first-order valence-electron chi connectivity index (χ1n) is 11.2. The normalized spacial score (nSPS) is 10.8. The highest BCUT2D eigenvalue weighted by atomic mass is 19.1. The molecular formula is C26H32FN3O3. The van der Waals surface area contributed by atoms with Crippen molar-refractivity contribution in [3.05, 3.63) is 65.6 Å². The molecule has 6 nitrogen and oxygen atoms in total. The number of unbranched alkanes of at least 4 members (excludes halogenated alkanes) is 2. The molecule has 2 aromatic carbocycles. The van der Waals surface area contributed by atoms with Gasteiger partial charge in [-0.2, -0.15) is 5.10 Å². The number of nitrogens with one attached hydrogen (secondary N) is 1. The Labute approximate surface area is 194 Å². The van der Waals surface area contributed by atoms with Gasteiger partial charge in [0.05, 0.1) is 19.9 Å². The zero-order valence-corrected chi connectivity index (χ0v) is 19.6. The fourth-order valence-corrected chi connectivity index (χ4v) is 3.73. The van der Waals surface area contributed by atoms with E-state index in [0.29, 0.717) is 12.8 Å². The van der Waals surface area contributed by atoms with E-state index in [2.05, 4.69) is 10.2 Å². The van der Waals surface area contributed by atoms with E-state index in [1.165, 1.54) is 12.1 Å². The first-order valence-corrected chi connectivity index (χ1v) is 11.2. The molecule has 0 saturated heterocycles. The van der Waals surface area contributed by atoms with Crippen LogP contribution in [-0.4, -0.2) is 48.8 Å². The summed E-state index contributed by atoms with van der Waals surface area (Å²) in [7, 11) is 5.11. The number of ether oxygens (including phenoxy) is 2. The molecule has 0 atom stereocenters. The molecule has 1 amide bonds. The van der Waals surface area contributed by atoms with Crippen LogP contribution in [-0.2, 0) is 17.6 Å². The number of benzene rings is 2. The van der Waals surface area contributed by atoms with E-state index in [4.69, 9.17) is 9.47 Å². The number of hydrogen-bond acceptors (Lipinski definition) is 4. The van der Waals surface area contributed by atoms with Crippen molar-refractivity contribution in [3.63, 3.8) is 0 Å². The lowest BCUT2D eigenvalue weighted by atomic mass is 10.1. The van der Waals surface area contributed by atoms with Crippen molar-refractivity contribution in [2.45, 2.75) is 38.5 Å². The molecule has 0 spiro atoms. The smallest absolute Gasteiger partial charge is 0.222 e. The molecule has 1 heterocycles. The van der Waals surface area contributed by atoms with Crippen molar-refractivity contribution in [3.8, 4) is 22.8 Å². The highest BCUT2D eigenvalue weighted by molar-refractivity contribution is 5.76. The largest absolute Gasteiger partial charge is 0.497 e. The van der Waals surface area contributed by atoms with Gasteiger partial charge >= 0.3 is 0 Å². The Bertz CT molecular complexity index is 1030. The Balaban J connectivity index is 1.36. The zero-order chi connectivity index (χ0) is 23.6. The number of amides is 1. The summed E-state index contributed by atoms with van der Waals surface area (Å²) in [4.78, 5) is 14.3. The number of hydrogen-bond donors (Lipinski definition) is 1. The molecule has 3 aromatic rings. The molecule has 1 N–H and O–H groups in total. The van der Waals surface area contributed by atoms with Gasteiger partial charge in [0.15, 0.2) is 0 Å². The second kappa shape index (κ2) is 12.0. The minimum atomic E-state index is -0.252. The summed E-state index contributed by atoms with van der Waals surface area (Å²) in [5.74, 6) is 1.40. The van der Waals surface area contributed by atoms with Gasteiger partial charge in [-0.15, -0.1) is 0 Å². The minimum absolute atomic E-state index is 0.123. The molecule has 0 radical (unpaired) electrons. The Morgan fingerprint density at radius 3 is 2.52 bits per heavy atom. The van der Waals surface area contributed by atoms with Crippen LogP contribution >= 0.6 is 0 Å². The summed E-state index contributed by atoms with van der Waals surface area (Å²) in [6.07, 6.45) is 4.91. The van der Waals surface area contributed by atoms with Crippen LogP contribution in [0.1, 0.15) is 36.9 Å². The van der Waals surface area contributed by atoms with Gasteiger partial charge < -0.3 is 14.4 Å². The summed E-state index contributed by atoms with van der Waals surface area (Å²) < 4.78 is 23.7. The molecule has 0 aliphatic rings. The lowest BCUT2D eigenvalue weighted by Gasteiger charge is -2.17. The van der Waals surface area contributed by atoms with Gasteiger partial charge in [0.25, 0.3) is 0 Å². The van der Waals surface area contributed by atoms with Crippen LogP contribution in [0.15, 0.2) is 48.5 Å². The van der Waals surface area contributed by atoms with Crippen molar-refractivity contribution in [2.75, 3.05) is 27.8 Å². The lowest BCUT2D eigenvalue weighted by Crippen LogP contribution is -2.28. The van der Waals surface area contributed by atoms with E-state index in [1.54, 1.807) is 31.3 Å². The Hall–Kier alpha value is -3.35. The van der Waals surface area contributed by atoms with E-state index in [1.807, 2.05) is 31.3 Å². The van der Waals surface area contributed by atoms with Crippen molar-refractivity contribution in [1.82, 2.24) is 15.1 Å². The molecule has 0 bridgehead atoms. The number of methoxy groups -OCH3 is 2. The maximum atomic E-state index is 13.1. The highest BCUT2D eigenvalue weighted by Crippen LogP contribution is 2.25. The molecule has 0 saturated carbocycles. The number of nitrogens with zero attached hydrogens (tertiary/aromatic N) is 2. The number of carbonyl (C=O) groups is 1. The summed E-state index contributed by atoms with van der Waals surface area (Å²) in [6, 6.07) is 14.0. The molecular weight excluding hydrogens is 421 g/mol. The van der Waals surface area contributed by atoms with Gasteiger partial charge in [-0.1, -0.05) is 6.42 Å². The van der Waals surface area contributed by atoms with Crippen LogP contribution < -0.4 is 9.47 Å². The van der Waals surface area contributed by atoms with E-state index in [9.17, 15) is 9.18 Å². The maximum absolute atomic E-state index is 13.1. The summed E-state index contributed by atoms with van der Waals surface area (Å²) >= 11 is 0. The van der Waals surface area contributed by atoms with Crippen LogP contribution in [0.4, 0.5) is 4.39 Å². The lowest BCUT2D eigenvalue weighted by molar-refractivity contribution is -0.129. The Kier molecular flexibility index (Phi) is 8.87. The van der Waals surface area contributed by atoms with Crippen LogP contribution in [0.3, 0.4) is 0 Å². The third kappa shape index (κ3) is 7.07. The third-order valence-corrected chi connectivity index (χ3v) is 5.73. The zero-order valence-electron chi connectivity index (χ0n) is 19.6. The minimum Gasteiger partial charge on any atom is -0.497 e. The number of rotatable bonds is 12. The molecule has 176 valence electrons. The molecule has 0 fully saturated rings. The predicted molar refractivity (Wildman–Crippen MR) is 127 cm³/mol. The Morgan fingerprint density at radius 1 is 1.00 bits per heavy atom. The average Bonchev–Trinajstić information content (AvgIpc) is 3.31. The van der Waals surface area contributed by atoms with Gasteiger partial charge in [-0.25, -0.2) is 4.39 Å². The van der Waals surface area contributed by atoms with Crippen LogP contribution in [0.5, 0.6) is 11.5 Å². The van der Waals surface area contributed by atoms with Crippen molar-refractivity contribution < 1.29 is 18.7 Å². The van der Waals surface area contributed by atoms with Crippen molar-refractivity contribution in [1.29, 1.82) is 0 Å². The monoisotopic (exact) mass is 453 g/mol. The number of aryl methyl sites for hydroxylation is 2. The van der Waals surface area contributed by atoms with E-state index >= 15 is 0 Å². The van der Waals surface area contributed by atoms with Crippen LogP contribution in [0.2, 0.25) is 0 Å². The molecule has 0 unspecified atom stereocenters.